The van der Waals surface area contributed by atoms with Crippen molar-refractivity contribution in [3.8, 4) is 49.7 Å². The molecule has 5 nitrogen and oxygen atoms in total. The number of benzene rings is 1. The number of aromatic nitrogens is 1. The van der Waals surface area contributed by atoms with Gasteiger partial charge in [0.2, 0.25) is 0 Å². The van der Waals surface area contributed by atoms with Crippen LogP contribution in [0.15, 0.2) is 51.6 Å². The zero-order valence-electron chi connectivity index (χ0n) is 16.1. The topological polar surface area (TPSA) is 81.2 Å². The number of pyridine rings is 1. The lowest BCUT2D eigenvalue weighted by Gasteiger charge is -2.17. The standard InChI is InChI=1S/C22H16BrN3O2S2/c1-27-15-6-5-12(8-16(15)28-2)19-20(18-9-13(23)11-30-18)14(10-24)22(25)26-21(19)17-4-3-7-29-17/h3-9,11H,1-2H3,(H2,25,26). The first-order valence-corrected chi connectivity index (χ1v) is 11.4. The number of rotatable bonds is 5. The fraction of sp³-hybridized carbons (Fsp3) is 0.0909. The van der Waals surface area contributed by atoms with Crippen molar-refractivity contribution in [1.82, 2.24) is 4.98 Å². The molecule has 0 spiro atoms. The lowest BCUT2D eigenvalue weighted by Crippen LogP contribution is -2.03. The van der Waals surface area contributed by atoms with Crippen molar-refractivity contribution in [2.45, 2.75) is 0 Å². The molecule has 0 atom stereocenters. The van der Waals surface area contributed by atoms with Crippen LogP contribution in [-0.4, -0.2) is 19.2 Å². The third-order valence-electron chi connectivity index (χ3n) is 4.58. The van der Waals surface area contributed by atoms with E-state index in [1.165, 1.54) is 11.3 Å². The van der Waals surface area contributed by atoms with Crippen LogP contribution >= 0.6 is 38.6 Å². The van der Waals surface area contributed by atoms with Crippen LogP contribution in [0.1, 0.15) is 5.56 Å². The molecule has 4 rings (SSSR count). The Morgan fingerprint density at radius 2 is 1.83 bits per heavy atom. The molecule has 3 heterocycles. The van der Waals surface area contributed by atoms with E-state index in [4.69, 9.17) is 15.2 Å². The Morgan fingerprint density at radius 3 is 2.43 bits per heavy atom. The Kier molecular flexibility index (Phi) is 5.77. The average Bonchev–Trinajstić information content (AvgIpc) is 3.44. The van der Waals surface area contributed by atoms with E-state index in [1.54, 1.807) is 25.6 Å². The zero-order chi connectivity index (χ0) is 21.3. The van der Waals surface area contributed by atoms with Crippen LogP contribution in [0.4, 0.5) is 5.82 Å². The second-order valence-electron chi connectivity index (χ2n) is 6.26. The first-order chi connectivity index (χ1) is 14.6. The molecule has 0 radical (unpaired) electrons. The third-order valence-corrected chi connectivity index (χ3v) is 7.16. The molecular formula is C22H16BrN3O2S2. The summed E-state index contributed by atoms with van der Waals surface area (Å²) in [5.74, 6) is 1.44. The fourth-order valence-corrected chi connectivity index (χ4v) is 5.48. The Bertz CT molecular complexity index is 1260. The molecule has 2 N–H and O–H groups in total. The van der Waals surface area contributed by atoms with E-state index in [-0.39, 0.29) is 5.82 Å². The highest BCUT2D eigenvalue weighted by Gasteiger charge is 2.24. The van der Waals surface area contributed by atoms with Crippen molar-refractivity contribution < 1.29 is 9.47 Å². The summed E-state index contributed by atoms with van der Waals surface area (Å²) in [5.41, 5.74) is 9.79. The summed E-state index contributed by atoms with van der Waals surface area (Å²) in [6.45, 7) is 0. The summed E-state index contributed by atoms with van der Waals surface area (Å²) >= 11 is 6.63. The molecule has 0 aliphatic rings. The molecule has 0 bridgehead atoms. The first kappa shape index (κ1) is 20.4. The highest BCUT2D eigenvalue weighted by atomic mass is 79.9. The molecule has 0 unspecified atom stereocenters. The molecule has 3 aromatic heterocycles. The predicted molar refractivity (Wildman–Crippen MR) is 126 cm³/mol. The SMILES string of the molecule is COc1ccc(-c2c(-c3cccs3)nc(N)c(C#N)c2-c2cc(Br)cs2)cc1OC. The smallest absolute Gasteiger partial charge is 0.161 e. The molecule has 0 fully saturated rings. The highest BCUT2D eigenvalue weighted by molar-refractivity contribution is 9.10. The van der Waals surface area contributed by atoms with Gasteiger partial charge >= 0.3 is 0 Å². The molecule has 0 amide bonds. The predicted octanol–water partition coefficient (Wildman–Crippen LogP) is 6.44. The lowest BCUT2D eigenvalue weighted by molar-refractivity contribution is 0.355. The Labute approximate surface area is 190 Å². The first-order valence-electron chi connectivity index (χ1n) is 8.81. The van der Waals surface area contributed by atoms with Gasteiger partial charge in [-0.15, -0.1) is 22.7 Å². The monoisotopic (exact) mass is 497 g/mol. The number of ether oxygens (including phenoxy) is 2. The van der Waals surface area contributed by atoms with Crippen LogP contribution in [0.3, 0.4) is 0 Å². The largest absolute Gasteiger partial charge is 0.493 e. The summed E-state index contributed by atoms with van der Waals surface area (Å²) in [4.78, 5) is 6.53. The van der Waals surface area contributed by atoms with Gasteiger partial charge < -0.3 is 15.2 Å². The van der Waals surface area contributed by atoms with Crippen LogP contribution in [0.2, 0.25) is 0 Å². The maximum absolute atomic E-state index is 9.92. The van der Waals surface area contributed by atoms with E-state index in [0.29, 0.717) is 17.1 Å². The summed E-state index contributed by atoms with van der Waals surface area (Å²) in [6, 6.07) is 13.9. The van der Waals surface area contributed by atoms with E-state index < -0.39 is 0 Å². The number of hydrogen-bond acceptors (Lipinski definition) is 7. The van der Waals surface area contributed by atoms with E-state index in [0.717, 1.165) is 36.6 Å². The van der Waals surface area contributed by atoms with Crippen molar-refractivity contribution >= 4 is 44.4 Å². The molecule has 8 heteroatoms. The minimum Gasteiger partial charge on any atom is -0.493 e. The molecule has 0 saturated carbocycles. The maximum atomic E-state index is 9.92. The normalized spacial score (nSPS) is 10.6. The fourth-order valence-electron chi connectivity index (χ4n) is 3.27. The van der Waals surface area contributed by atoms with Gasteiger partial charge in [-0.3, -0.25) is 0 Å². The molecule has 0 saturated heterocycles. The molecule has 0 aliphatic carbocycles. The van der Waals surface area contributed by atoms with Gasteiger partial charge in [0.25, 0.3) is 0 Å². The van der Waals surface area contributed by atoms with Crippen LogP contribution in [-0.2, 0) is 0 Å². The van der Waals surface area contributed by atoms with Crippen LogP contribution < -0.4 is 15.2 Å². The number of nitrogens with two attached hydrogens (primary N) is 1. The van der Waals surface area contributed by atoms with Crippen molar-refractivity contribution in [3.05, 3.63) is 57.2 Å². The summed E-state index contributed by atoms with van der Waals surface area (Å²) in [5, 5.41) is 13.9. The van der Waals surface area contributed by atoms with Crippen molar-refractivity contribution in [2.75, 3.05) is 20.0 Å². The van der Waals surface area contributed by atoms with Gasteiger partial charge in [-0.25, -0.2) is 4.98 Å². The number of methoxy groups -OCH3 is 2. The van der Waals surface area contributed by atoms with Gasteiger partial charge in [-0.05, 0) is 51.1 Å². The molecule has 30 heavy (non-hydrogen) atoms. The summed E-state index contributed by atoms with van der Waals surface area (Å²) in [7, 11) is 3.20. The minimum atomic E-state index is 0.213. The van der Waals surface area contributed by atoms with Gasteiger partial charge in [-0.1, -0.05) is 12.1 Å². The van der Waals surface area contributed by atoms with E-state index in [9.17, 15) is 5.26 Å². The third kappa shape index (κ3) is 3.56. The van der Waals surface area contributed by atoms with E-state index in [1.807, 2.05) is 47.2 Å². The van der Waals surface area contributed by atoms with Gasteiger partial charge in [0.1, 0.15) is 17.5 Å². The molecule has 1 aromatic carbocycles. The number of halogens is 1. The molecular weight excluding hydrogens is 482 g/mol. The quantitative estimate of drug-likeness (QED) is 0.343. The van der Waals surface area contributed by atoms with Crippen LogP contribution in [0.5, 0.6) is 11.5 Å². The Hall–Kier alpha value is -2.86. The number of anilines is 1. The minimum absolute atomic E-state index is 0.213. The van der Waals surface area contributed by atoms with Gasteiger partial charge in [0, 0.05) is 25.9 Å². The number of nitriles is 1. The van der Waals surface area contributed by atoms with Gasteiger partial charge in [0.05, 0.1) is 24.8 Å². The number of thiophene rings is 2. The van der Waals surface area contributed by atoms with Crippen LogP contribution in [0, 0.1) is 11.3 Å². The number of nitrogens with zero attached hydrogens (tertiary/aromatic N) is 2. The number of hydrogen-bond donors (Lipinski definition) is 1. The zero-order valence-corrected chi connectivity index (χ0v) is 19.3. The van der Waals surface area contributed by atoms with Crippen molar-refractivity contribution in [1.29, 1.82) is 5.26 Å². The molecule has 4 aromatic rings. The molecule has 0 aliphatic heterocycles. The van der Waals surface area contributed by atoms with E-state index >= 15 is 0 Å². The second-order valence-corrected chi connectivity index (χ2v) is 9.03. The summed E-state index contributed by atoms with van der Waals surface area (Å²) in [6.07, 6.45) is 0. The van der Waals surface area contributed by atoms with E-state index in [2.05, 4.69) is 27.0 Å². The lowest BCUT2D eigenvalue weighted by atomic mass is 9.92. The Morgan fingerprint density at radius 1 is 1.03 bits per heavy atom. The highest BCUT2D eigenvalue weighted by Crippen LogP contribution is 2.47. The van der Waals surface area contributed by atoms with Gasteiger partial charge in [0.15, 0.2) is 11.5 Å². The second kappa shape index (κ2) is 8.48. The summed E-state index contributed by atoms with van der Waals surface area (Å²) < 4.78 is 11.9. The van der Waals surface area contributed by atoms with Crippen molar-refractivity contribution in [2.24, 2.45) is 0 Å². The average molecular weight is 498 g/mol. The maximum Gasteiger partial charge on any atom is 0.161 e. The van der Waals surface area contributed by atoms with Crippen LogP contribution in [0.25, 0.3) is 32.1 Å². The molecule has 150 valence electrons. The number of nitrogen functional groups attached to an aromatic ring is 1. The Balaban J connectivity index is 2.13. The van der Waals surface area contributed by atoms with Gasteiger partial charge in [-0.2, -0.15) is 5.26 Å². The van der Waals surface area contributed by atoms with Crippen molar-refractivity contribution in [3.63, 3.8) is 0 Å².